The lowest BCUT2D eigenvalue weighted by atomic mass is 10.2. The van der Waals surface area contributed by atoms with Gasteiger partial charge in [-0.25, -0.2) is 4.99 Å². The van der Waals surface area contributed by atoms with Crippen LogP contribution in [-0.4, -0.2) is 30.1 Å². The third-order valence-corrected chi connectivity index (χ3v) is 5.07. The summed E-state index contributed by atoms with van der Waals surface area (Å²) in [6.07, 6.45) is 2.67. The lowest BCUT2D eigenvalue weighted by molar-refractivity contribution is 0.727. The molecular weight excluding hydrogens is 334 g/mol. The minimum absolute atomic E-state index is 0.701. The monoisotopic (exact) mass is 355 g/mol. The summed E-state index contributed by atoms with van der Waals surface area (Å²) in [6.45, 7) is 4.70. The highest BCUT2D eigenvalue weighted by Crippen LogP contribution is 2.25. The zero-order valence-corrected chi connectivity index (χ0v) is 14.3. The first-order chi connectivity index (χ1) is 9.78. The summed E-state index contributed by atoms with van der Waals surface area (Å²) in [4.78, 5) is 4.65. The molecule has 0 radical (unpaired) electrons. The second kappa shape index (κ2) is 8.57. The topological polar surface area (TPSA) is 36.4 Å². The molecule has 0 aromatic heterocycles. The fourth-order valence-corrected chi connectivity index (χ4v) is 3.81. The van der Waals surface area contributed by atoms with Gasteiger partial charge in [0.05, 0.1) is 6.54 Å². The summed E-state index contributed by atoms with van der Waals surface area (Å²) in [5, 5.41) is 7.50. The van der Waals surface area contributed by atoms with E-state index in [1.807, 2.05) is 12.1 Å². The van der Waals surface area contributed by atoms with Gasteiger partial charge in [-0.05, 0) is 43.2 Å². The summed E-state index contributed by atoms with van der Waals surface area (Å²) in [6, 6.07) is 8.29. The SMILES string of the molecule is CCNC(=NCc1cccc(Br)c1)NCC1CCCS1. The number of hydrogen-bond acceptors (Lipinski definition) is 2. The highest BCUT2D eigenvalue weighted by molar-refractivity contribution is 9.10. The van der Waals surface area contributed by atoms with Gasteiger partial charge in [0.1, 0.15) is 0 Å². The smallest absolute Gasteiger partial charge is 0.191 e. The minimum atomic E-state index is 0.701. The van der Waals surface area contributed by atoms with Crippen LogP contribution in [0.4, 0.5) is 0 Å². The highest BCUT2D eigenvalue weighted by atomic mass is 79.9. The van der Waals surface area contributed by atoms with Crippen LogP contribution in [-0.2, 0) is 6.54 Å². The van der Waals surface area contributed by atoms with Crippen LogP contribution in [0.1, 0.15) is 25.3 Å². The number of rotatable bonds is 5. The van der Waals surface area contributed by atoms with Crippen LogP contribution in [0.2, 0.25) is 0 Å². The third kappa shape index (κ3) is 5.37. The molecule has 0 aliphatic carbocycles. The average molecular weight is 356 g/mol. The number of benzene rings is 1. The Bertz CT molecular complexity index is 444. The van der Waals surface area contributed by atoms with Crippen LogP contribution in [0.5, 0.6) is 0 Å². The summed E-state index contributed by atoms with van der Waals surface area (Å²) < 4.78 is 1.10. The normalized spacial score (nSPS) is 19.1. The van der Waals surface area contributed by atoms with Crippen molar-refractivity contribution in [2.75, 3.05) is 18.8 Å². The standard InChI is InChI=1S/C15H22BrN3S/c1-2-17-15(19-11-14-7-4-8-20-14)18-10-12-5-3-6-13(16)9-12/h3,5-6,9,14H,2,4,7-8,10-11H2,1H3,(H2,17,18,19). The van der Waals surface area contributed by atoms with Crippen molar-refractivity contribution in [2.24, 2.45) is 4.99 Å². The van der Waals surface area contributed by atoms with Gasteiger partial charge in [0.15, 0.2) is 5.96 Å². The molecule has 0 spiro atoms. The maximum atomic E-state index is 4.65. The second-order valence-corrected chi connectivity index (χ2v) is 7.16. The van der Waals surface area contributed by atoms with Crippen LogP contribution < -0.4 is 10.6 Å². The van der Waals surface area contributed by atoms with Crippen LogP contribution in [0.25, 0.3) is 0 Å². The van der Waals surface area contributed by atoms with E-state index in [1.54, 1.807) is 0 Å². The fourth-order valence-electron chi connectivity index (χ4n) is 2.16. The van der Waals surface area contributed by atoms with E-state index in [-0.39, 0.29) is 0 Å². The maximum absolute atomic E-state index is 4.65. The Labute approximate surface area is 134 Å². The molecule has 1 aromatic rings. The molecule has 1 aliphatic rings. The van der Waals surface area contributed by atoms with E-state index >= 15 is 0 Å². The first-order valence-corrected chi connectivity index (χ1v) is 9.00. The highest BCUT2D eigenvalue weighted by Gasteiger charge is 2.15. The fraction of sp³-hybridized carbons (Fsp3) is 0.533. The van der Waals surface area contributed by atoms with Crippen molar-refractivity contribution >= 4 is 33.7 Å². The zero-order valence-electron chi connectivity index (χ0n) is 11.9. The molecular formula is C15H22BrN3S. The van der Waals surface area contributed by atoms with E-state index < -0.39 is 0 Å². The molecule has 2 N–H and O–H groups in total. The van der Waals surface area contributed by atoms with Gasteiger partial charge in [0, 0.05) is 22.8 Å². The first kappa shape index (κ1) is 15.7. The molecule has 20 heavy (non-hydrogen) atoms. The third-order valence-electron chi connectivity index (χ3n) is 3.17. The van der Waals surface area contributed by atoms with Crippen LogP contribution in [0, 0.1) is 0 Å². The van der Waals surface area contributed by atoms with Crippen molar-refractivity contribution in [3.05, 3.63) is 34.3 Å². The molecule has 1 atom stereocenters. The van der Waals surface area contributed by atoms with E-state index in [2.05, 4.69) is 62.4 Å². The van der Waals surface area contributed by atoms with E-state index in [1.165, 1.54) is 24.2 Å². The zero-order chi connectivity index (χ0) is 14.2. The summed E-state index contributed by atoms with van der Waals surface area (Å²) in [5.41, 5.74) is 1.21. The van der Waals surface area contributed by atoms with Crippen molar-refractivity contribution in [1.29, 1.82) is 0 Å². The first-order valence-electron chi connectivity index (χ1n) is 7.16. The van der Waals surface area contributed by atoms with Crippen molar-refractivity contribution in [1.82, 2.24) is 10.6 Å². The van der Waals surface area contributed by atoms with Gasteiger partial charge in [0.2, 0.25) is 0 Å². The molecule has 3 nitrogen and oxygen atoms in total. The number of guanidine groups is 1. The van der Waals surface area contributed by atoms with Gasteiger partial charge in [-0.2, -0.15) is 11.8 Å². The van der Waals surface area contributed by atoms with Gasteiger partial charge in [-0.3, -0.25) is 0 Å². The molecule has 0 amide bonds. The Kier molecular flexibility index (Phi) is 6.73. The van der Waals surface area contributed by atoms with Crippen molar-refractivity contribution in [3.63, 3.8) is 0 Å². The van der Waals surface area contributed by atoms with Crippen LogP contribution in [0.3, 0.4) is 0 Å². The number of nitrogens with zero attached hydrogens (tertiary/aromatic N) is 1. The quantitative estimate of drug-likeness (QED) is 0.627. The second-order valence-electron chi connectivity index (χ2n) is 4.84. The van der Waals surface area contributed by atoms with Gasteiger partial charge in [-0.1, -0.05) is 28.1 Å². The molecule has 1 aromatic carbocycles. The minimum Gasteiger partial charge on any atom is -0.357 e. The van der Waals surface area contributed by atoms with Gasteiger partial charge < -0.3 is 10.6 Å². The molecule has 110 valence electrons. The van der Waals surface area contributed by atoms with Gasteiger partial charge in [-0.15, -0.1) is 0 Å². The molecule has 1 unspecified atom stereocenters. The Morgan fingerprint density at radius 1 is 1.45 bits per heavy atom. The summed E-state index contributed by atoms with van der Waals surface area (Å²) >= 11 is 5.56. The number of nitrogens with one attached hydrogen (secondary N) is 2. The molecule has 1 saturated heterocycles. The molecule has 2 rings (SSSR count). The number of aliphatic imine (C=N–C) groups is 1. The molecule has 1 heterocycles. The van der Waals surface area contributed by atoms with Gasteiger partial charge >= 0.3 is 0 Å². The van der Waals surface area contributed by atoms with E-state index in [9.17, 15) is 0 Å². The van der Waals surface area contributed by atoms with Crippen molar-refractivity contribution in [2.45, 2.75) is 31.6 Å². The molecule has 1 aliphatic heterocycles. The summed E-state index contributed by atoms with van der Waals surface area (Å²) in [7, 11) is 0. The van der Waals surface area contributed by atoms with Crippen molar-refractivity contribution in [3.8, 4) is 0 Å². The average Bonchev–Trinajstić information content (AvgIpc) is 2.95. The number of thioether (sulfide) groups is 1. The van der Waals surface area contributed by atoms with E-state index in [4.69, 9.17) is 0 Å². The Balaban J connectivity index is 1.87. The Hall–Kier alpha value is -0.680. The number of halogens is 1. The molecule has 5 heteroatoms. The maximum Gasteiger partial charge on any atom is 0.191 e. The van der Waals surface area contributed by atoms with Gasteiger partial charge in [0.25, 0.3) is 0 Å². The lowest BCUT2D eigenvalue weighted by Gasteiger charge is -2.14. The molecule has 0 bridgehead atoms. The lowest BCUT2D eigenvalue weighted by Crippen LogP contribution is -2.40. The predicted octanol–water partition coefficient (Wildman–Crippen LogP) is 3.40. The number of hydrogen-bond donors (Lipinski definition) is 2. The Morgan fingerprint density at radius 3 is 3.05 bits per heavy atom. The summed E-state index contributed by atoms with van der Waals surface area (Å²) in [5.74, 6) is 2.22. The predicted molar refractivity (Wildman–Crippen MR) is 92.4 cm³/mol. The van der Waals surface area contributed by atoms with Crippen LogP contribution >= 0.6 is 27.7 Å². The van der Waals surface area contributed by atoms with E-state index in [0.29, 0.717) is 6.54 Å². The van der Waals surface area contributed by atoms with Crippen molar-refractivity contribution < 1.29 is 0 Å². The molecule has 1 fully saturated rings. The van der Waals surface area contributed by atoms with E-state index in [0.717, 1.165) is 28.8 Å². The largest absolute Gasteiger partial charge is 0.357 e. The molecule has 0 saturated carbocycles. The van der Waals surface area contributed by atoms with Crippen LogP contribution in [0.15, 0.2) is 33.7 Å². The Morgan fingerprint density at radius 2 is 2.35 bits per heavy atom.